The number of ether oxygens (including phenoxy) is 5. The number of benzene rings is 3. The lowest BCUT2D eigenvalue weighted by Gasteiger charge is -2.40. The summed E-state index contributed by atoms with van der Waals surface area (Å²) < 4.78 is 24.2. The van der Waals surface area contributed by atoms with Crippen molar-refractivity contribution in [2.45, 2.75) is 126 Å². The van der Waals surface area contributed by atoms with Crippen molar-refractivity contribution in [2.75, 3.05) is 57.1 Å². The number of esters is 3. The number of carbonyl (C=O) groups excluding carboxylic acids is 6. The number of hydrogen-bond acceptors (Lipinski definition) is 17. The maximum Gasteiger partial charge on any atom is 0.408 e. The third-order valence-electron chi connectivity index (χ3n) is 13.0. The molecule has 1 aromatic heterocycles. The number of carboxylic acid groups (broad SMARTS) is 1. The molecule has 22 nitrogen and oxygen atoms in total. The van der Waals surface area contributed by atoms with Crippen molar-refractivity contribution in [3.8, 4) is 0 Å². The van der Waals surface area contributed by atoms with E-state index < -0.39 is 57.3 Å². The molecule has 0 aliphatic heterocycles. The number of hydrogen-bond donors (Lipinski definition) is 9. The van der Waals surface area contributed by atoms with Crippen LogP contribution in [0.15, 0.2) is 54.6 Å². The summed E-state index contributed by atoms with van der Waals surface area (Å²) in [4.78, 5) is 89.3. The minimum atomic E-state index is -1.31. The molecule has 13 N–H and O–H groups in total. The Balaban J connectivity index is 0.000000226. The van der Waals surface area contributed by atoms with Crippen molar-refractivity contribution in [3.63, 3.8) is 0 Å². The van der Waals surface area contributed by atoms with Crippen molar-refractivity contribution in [2.24, 2.45) is 5.73 Å². The zero-order valence-electron chi connectivity index (χ0n) is 44.5. The van der Waals surface area contributed by atoms with Crippen LogP contribution in [0.5, 0.6) is 0 Å². The summed E-state index contributed by atoms with van der Waals surface area (Å²) in [7, 11) is 1.43. The molecule has 75 heavy (non-hydrogen) atoms. The van der Waals surface area contributed by atoms with Gasteiger partial charge in [0, 0.05) is 16.1 Å². The number of amides is 3. The Morgan fingerprint density at radius 1 is 0.613 bits per heavy atom. The molecule has 7 rings (SSSR count). The second kappa shape index (κ2) is 25.8. The molecule has 3 aliphatic carbocycles. The molecule has 1 heterocycles. The first-order valence-electron chi connectivity index (χ1n) is 24.6. The molecular weight excluding hydrogens is 1000 g/mol. The number of nitrogen functional groups attached to an aromatic ring is 3. The van der Waals surface area contributed by atoms with Gasteiger partial charge in [-0.2, -0.15) is 0 Å². The summed E-state index contributed by atoms with van der Waals surface area (Å²) in [6, 6.07) is 16.1. The van der Waals surface area contributed by atoms with E-state index in [9.17, 15) is 33.6 Å². The number of carbonyl (C=O) groups is 7. The Kier molecular flexibility index (Phi) is 20.8. The molecule has 0 saturated heterocycles. The van der Waals surface area contributed by atoms with E-state index in [1.807, 2.05) is 6.07 Å². The molecule has 3 aliphatic rings. The van der Waals surface area contributed by atoms with Gasteiger partial charge in [0.25, 0.3) is 0 Å². The van der Waals surface area contributed by atoms with E-state index in [1.165, 1.54) is 45.6 Å². The number of nitrogens with zero attached hydrogens (tertiary/aromatic N) is 1. The van der Waals surface area contributed by atoms with Gasteiger partial charge in [-0.1, -0.05) is 39.3 Å². The van der Waals surface area contributed by atoms with E-state index in [2.05, 4.69) is 74.7 Å². The van der Waals surface area contributed by atoms with Gasteiger partial charge in [-0.15, -0.1) is 0 Å². The lowest BCUT2D eigenvalue weighted by atomic mass is 9.76. The summed E-state index contributed by atoms with van der Waals surface area (Å²) in [5.41, 5.74) is 25.0. The minimum Gasteiger partial charge on any atom is -0.480 e. The van der Waals surface area contributed by atoms with Gasteiger partial charge in [0.1, 0.15) is 16.9 Å². The summed E-state index contributed by atoms with van der Waals surface area (Å²) in [5, 5.41) is 16.9. The van der Waals surface area contributed by atoms with Crippen LogP contribution in [0, 0.1) is 0 Å². The van der Waals surface area contributed by atoms with Crippen molar-refractivity contribution in [3.05, 3.63) is 77.1 Å². The van der Waals surface area contributed by atoms with Crippen molar-refractivity contribution in [1.29, 1.82) is 0 Å². The normalized spacial score (nSPS) is 15.4. The smallest absolute Gasteiger partial charge is 0.408 e. The number of imidazole rings is 1. The molecule has 3 aromatic carbocycles. The highest BCUT2D eigenvalue weighted by Gasteiger charge is 2.47. The summed E-state index contributed by atoms with van der Waals surface area (Å²) in [5.74, 6) is -1.83. The number of carboxylic acids is 1. The molecule has 0 spiro atoms. The number of nitrogens with one attached hydrogen (secondary N) is 4. The predicted octanol–water partition coefficient (Wildman–Crippen LogP) is 7.36. The Morgan fingerprint density at radius 3 is 1.47 bits per heavy atom. The van der Waals surface area contributed by atoms with E-state index in [1.54, 1.807) is 24.3 Å². The Bertz CT molecular complexity index is 2690. The first kappa shape index (κ1) is 60.4. The first-order chi connectivity index (χ1) is 35.1. The molecule has 0 radical (unpaired) electrons. The molecule has 0 bridgehead atoms. The largest absolute Gasteiger partial charge is 0.480 e. The van der Waals surface area contributed by atoms with Crippen LogP contribution in [0.4, 0.5) is 32.3 Å². The fraction of sp³-hybridized carbons (Fsp3) is 0.490. The van der Waals surface area contributed by atoms with E-state index in [0.717, 1.165) is 61.1 Å². The predicted molar refractivity (Wildman–Crippen MR) is 291 cm³/mol. The fourth-order valence-corrected chi connectivity index (χ4v) is 8.91. The number of fused-ring (bicyclic) bond motifs is 1. The maximum atomic E-state index is 12.8. The highest BCUT2D eigenvalue weighted by molar-refractivity contribution is 6.76. The topological polar surface area (TPSA) is 355 Å². The zero-order valence-corrected chi connectivity index (χ0v) is 46.5. The average Bonchev–Trinajstić information content (AvgIpc) is 3.75. The van der Waals surface area contributed by atoms with Crippen LogP contribution in [0.1, 0.15) is 94.7 Å². The highest BCUT2D eigenvalue weighted by Crippen LogP contribution is 2.38. The average molecular weight is 1080 g/mol. The second-order valence-electron chi connectivity index (χ2n) is 21.2. The van der Waals surface area contributed by atoms with Gasteiger partial charge in [-0.25, -0.2) is 33.8 Å². The number of aromatic nitrogens is 2. The fourth-order valence-electron chi connectivity index (χ4n) is 7.48. The van der Waals surface area contributed by atoms with Crippen molar-refractivity contribution >= 4 is 91.9 Å². The highest BCUT2D eigenvalue weighted by atomic mass is 28.3. The third-order valence-corrected chi connectivity index (χ3v) is 16.4. The van der Waals surface area contributed by atoms with Crippen LogP contribution in [0.3, 0.4) is 0 Å². The molecule has 3 saturated carbocycles. The number of H-pyrrole nitrogens is 1. The van der Waals surface area contributed by atoms with Crippen LogP contribution in [-0.2, 0) is 38.8 Å². The van der Waals surface area contributed by atoms with E-state index >= 15 is 0 Å². The van der Waals surface area contributed by atoms with Crippen LogP contribution in [0.2, 0.25) is 51.4 Å². The van der Waals surface area contributed by atoms with Gasteiger partial charge < -0.3 is 72.7 Å². The third kappa shape index (κ3) is 17.2. The minimum absolute atomic E-state index is 0.272. The summed E-state index contributed by atoms with van der Waals surface area (Å²) in [6.07, 6.45) is 5.51. The lowest BCUT2D eigenvalue weighted by molar-refractivity contribution is -0.148. The number of rotatable bonds is 15. The molecule has 0 unspecified atom stereocenters. The SMILES string of the molecule is COC(=O)c1ccc(N)c(N)c1.COC(=O)c1ccc(N)c(NC(=O)C2(NC(=O)OCC[Si](C)(C)C)CCC2)c1.COC(=O)c1ccc2nc(C3(N)CCC3)[nH]c2c1.C[Si](C)(C)CCOC(=O)NC1(C(=O)O)CCC1. The van der Waals surface area contributed by atoms with Crippen LogP contribution in [-0.4, -0.2) is 119 Å². The Hall–Kier alpha value is -7.19. The monoisotopic (exact) mass is 1080 g/mol. The van der Waals surface area contributed by atoms with Crippen LogP contribution in [0.25, 0.3) is 11.0 Å². The van der Waals surface area contributed by atoms with Crippen LogP contribution >= 0.6 is 0 Å². The standard InChI is InChI=1S/C19H29N3O5Si.C13H15N3O2.C11H21NO4Si.C8H10N2O2/c1-26-16(23)13-6-7-14(20)15(12-13)21-17(24)19(8-5-9-19)22-18(25)27-10-11-28(2,3)4;1-18-11(17)8-3-4-9-10(7-8)16-12(15-9)13(14)5-2-6-13;1-17(2,3)8-7-16-10(15)12-11(9(13)14)5-4-6-11;1-12-8(11)5-2-3-6(9)7(10)4-5/h6-7,12H,5,8-11,20H2,1-4H3,(H,21,24)(H,22,25);3-4,7H,2,5-6,14H2,1H3,(H,15,16);4-8H2,1-3H3,(H,12,15)(H,13,14);2-4H,9-10H2,1H3. The number of methoxy groups -OCH3 is 3. The van der Waals surface area contributed by atoms with E-state index in [-0.39, 0.29) is 23.0 Å². The van der Waals surface area contributed by atoms with Crippen molar-refractivity contribution < 1.29 is 62.4 Å². The van der Waals surface area contributed by atoms with E-state index in [4.69, 9.17) is 42.3 Å². The van der Waals surface area contributed by atoms with E-state index in [0.29, 0.717) is 72.8 Å². The molecule has 3 fully saturated rings. The molecule has 24 heteroatoms. The van der Waals surface area contributed by atoms with Gasteiger partial charge in [-0.3, -0.25) is 4.79 Å². The summed E-state index contributed by atoms with van der Waals surface area (Å²) in [6.45, 7) is 13.9. The van der Waals surface area contributed by atoms with Crippen LogP contribution < -0.4 is 38.9 Å². The number of aromatic amines is 1. The number of alkyl carbamates (subject to hydrolysis) is 2. The number of anilines is 4. The molecule has 4 aromatic rings. The number of aliphatic carboxylic acids is 1. The van der Waals surface area contributed by atoms with Gasteiger partial charge in [-0.05, 0) is 124 Å². The Morgan fingerprint density at radius 2 is 1.05 bits per heavy atom. The zero-order chi connectivity index (χ0) is 55.9. The van der Waals surface area contributed by atoms with Gasteiger partial charge >= 0.3 is 36.1 Å². The van der Waals surface area contributed by atoms with Gasteiger partial charge in [0.2, 0.25) is 5.91 Å². The van der Waals surface area contributed by atoms with Crippen molar-refractivity contribution in [1.82, 2.24) is 20.6 Å². The quantitative estimate of drug-likeness (QED) is 0.0243. The molecule has 0 atom stereocenters. The first-order valence-corrected chi connectivity index (χ1v) is 32.0. The molecule has 410 valence electrons. The van der Waals surface area contributed by atoms with Gasteiger partial charge in [0.05, 0.1) is 90.6 Å². The Labute approximate surface area is 439 Å². The molecule has 3 amide bonds. The molecular formula is C51H75N9O13Si2. The summed E-state index contributed by atoms with van der Waals surface area (Å²) >= 11 is 0. The maximum absolute atomic E-state index is 12.8. The lowest BCUT2D eigenvalue weighted by Crippen LogP contribution is -2.61. The van der Waals surface area contributed by atoms with Gasteiger partial charge in [0.15, 0.2) is 0 Å². The number of nitrogens with two attached hydrogens (primary N) is 4. The second-order valence-corrected chi connectivity index (χ2v) is 32.5.